The minimum Gasteiger partial charge on any atom is -0.368 e. The molecule has 7 heteroatoms. The Kier molecular flexibility index (Phi) is 6.59. The van der Waals surface area contributed by atoms with Crippen LogP contribution in [0.15, 0.2) is 79.0 Å². The van der Waals surface area contributed by atoms with Gasteiger partial charge in [-0.05, 0) is 54.3 Å². The number of rotatable bonds is 6. The Balaban J connectivity index is 1.33. The van der Waals surface area contributed by atoms with Gasteiger partial charge in [-0.1, -0.05) is 50.2 Å². The van der Waals surface area contributed by atoms with Crippen molar-refractivity contribution in [3.63, 3.8) is 0 Å². The monoisotopic (exact) mass is 524 g/mol. The number of fused-ring (bicyclic) bond motifs is 2. The van der Waals surface area contributed by atoms with Gasteiger partial charge in [0.05, 0.1) is 6.04 Å². The smallest absolute Gasteiger partial charge is 0.255 e. The number of piperazine rings is 1. The third-order valence-corrected chi connectivity index (χ3v) is 8.01. The van der Waals surface area contributed by atoms with E-state index in [4.69, 9.17) is 0 Å². The van der Waals surface area contributed by atoms with Crippen molar-refractivity contribution >= 4 is 28.4 Å². The van der Waals surface area contributed by atoms with Crippen LogP contribution in [0.4, 0.5) is 10.1 Å². The second-order valence-corrected chi connectivity index (χ2v) is 10.9. The normalized spacial score (nSPS) is 18.2. The summed E-state index contributed by atoms with van der Waals surface area (Å²) in [6.07, 6.45) is 2.56. The van der Waals surface area contributed by atoms with Crippen LogP contribution in [0.25, 0.3) is 10.9 Å². The molecule has 0 aliphatic carbocycles. The van der Waals surface area contributed by atoms with Gasteiger partial charge >= 0.3 is 0 Å². The molecule has 6 nitrogen and oxygen atoms in total. The molecule has 1 fully saturated rings. The number of hydrogen-bond donors (Lipinski definition) is 1. The molecule has 2 amide bonds. The van der Waals surface area contributed by atoms with E-state index in [1.165, 1.54) is 12.1 Å². The predicted octanol–water partition coefficient (Wildman–Crippen LogP) is 5.62. The maximum absolute atomic E-state index is 14.2. The number of benzene rings is 3. The maximum Gasteiger partial charge on any atom is 0.255 e. The topological polar surface area (TPSA) is 59.7 Å². The van der Waals surface area contributed by atoms with E-state index in [2.05, 4.69) is 29.8 Å². The predicted molar refractivity (Wildman–Crippen MR) is 151 cm³/mol. The second kappa shape index (κ2) is 10.2. The largest absolute Gasteiger partial charge is 0.368 e. The molecule has 0 radical (unpaired) electrons. The maximum atomic E-state index is 14.2. The highest BCUT2D eigenvalue weighted by Crippen LogP contribution is 2.43. The lowest BCUT2D eigenvalue weighted by Gasteiger charge is -2.41. The molecule has 1 saturated heterocycles. The Bertz CT molecular complexity index is 1500. The summed E-state index contributed by atoms with van der Waals surface area (Å²) in [5, 5.41) is 1.06. The number of hydrogen-bond acceptors (Lipinski definition) is 3. The van der Waals surface area contributed by atoms with E-state index in [0.29, 0.717) is 38.2 Å². The summed E-state index contributed by atoms with van der Waals surface area (Å²) in [5.41, 5.74) is 4.57. The van der Waals surface area contributed by atoms with Crippen molar-refractivity contribution < 1.29 is 14.0 Å². The first kappa shape index (κ1) is 25.2. The number of para-hydroxylation sites is 1. The SMILES string of the molecule is CC(C)CC(C(=O)N1CCN(c2ccc(F)cc2)CC1)N1C(=O)c2ccccc2C1c1c[nH]c2ccccc12. The summed E-state index contributed by atoms with van der Waals surface area (Å²) in [6.45, 7) is 6.62. The first-order valence-electron chi connectivity index (χ1n) is 13.7. The number of halogens is 1. The molecule has 2 aliphatic rings. The average molecular weight is 525 g/mol. The molecule has 200 valence electrons. The van der Waals surface area contributed by atoms with E-state index in [1.807, 2.05) is 58.5 Å². The molecule has 1 aromatic heterocycles. The first-order chi connectivity index (χ1) is 18.9. The molecule has 0 spiro atoms. The van der Waals surface area contributed by atoms with E-state index in [9.17, 15) is 14.0 Å². The van der Waals surface area contributed by atoms with Gasteiger partial charge in [0.25, 0.3) is 5.91 Å². The van der Waals surface area contributed by atoms with Crippen LogP contribution in [-0.4, -0.2) is 58.8 Å². The highest BCUT2D eigenvalue weighted by atomic mass is 19.1. The van der Waals surface area contributed by atoms with Crippen LogP contribution in [0.3, 0.4) is 0 Å². The van der Waals surface area contributed by atoms with Gasteiger partial charge in [0.2, 0.25) is 5.91 Å². The second-order valence-electron chi connectivity index (χ2n) is 10.9. The molecule has 1 N–H and O–H groups in total. The highest BCUT2D eigenvalue weighted by molar-refractivity contribution is 6.03. The molecule has 0 saturated carbocycles. The summed E-state index contributed by atoms with van der Waals surface area (Å²) in [5.74, 6) is -0.136. The zero-order chi connectivity index (χ0) is 27.1. The van der Waals surface area contributed by atoms with Crippen LogP contribution in [0.2, 0.25) is 0 Å². The molecule has 2 atom stereocenters. The van der Waals surface area contributed by atoms with Crippen molar-refractivity contribution in [2.45, 2.75) is 32.4 Å². The van der Waals surface area contributed by atoms with Gasteiger partial charge < -0.3 is 19.7 Å². The number of amides is 2. The van der Waals surface area contributed by atoms with Gasteiger partial charge in [-0.2, -0.15) is 0 Å². The molecule has 2 unspecified atom stereocenters. The van der Waals surface area contributed by atoms with E-state index in [-0.39, 0.29) is 29.6 Å². The van der Waals surface area contributed by atoms with Crippen molar-refractivity contribution in [2.75, 3.05) is 31.1 Å². The molecule has 4 aromatic rings. The fourth-order valence-electron chi connectivity index (χ4n) is 6.12. The number of carbonyl (C=O) groups is 2. The van der Waals surface area contributed by atoms with Crippen molar-refractivity contribution in [3.8, 4) is 0 Å². The van der Waals surface area contributed by atoms with Crippen molar-refractivity contribution in [3.05, 3.63) is 102 Å². The number of carbonyl (C=O) groups excluding carboxylic acids is 2. The van der Waals surface area contributed by atoms with Gasteiger partial charge in [0.15, 0.2) is 0 Å². The summed E-state index contributed by atoms with van der Waals surface area (Å²) in [6, 6.07) is 21.4. The lowest BCUT2D eigenvalue weighted by Crippen LogP contribution is -2.56. The van der Waals surface area contributed by atoms with Crippen LogP contribution in [-0.2, 0) is 4.79 Å². The Morgan fingerprint density at radius 3 is 2.36 bits per heavy atom. The summed E-state index contributed by atoms with van der Waals surface area (Å²) >= 11 is 0. The molecule has 0 bridgehead atoms. The van der Waals surface area contributed by atoms with E-state index in [1.54, 1.807) is 12.1 Å². The third-order valence-electron chi connectivity index (χ3n) is 8.01. The van der Waals surface area contributed by atoms with Crippen molar-refractivity contribution in [2.24, 2.45) is 5.92 Å². The van der Waals surface area contributed by atoms with Crippen LogP contribution in [0, 0.1) is 11.7 Å². The van der Waals surface area contributed by atoms with E-state index in [0.717, 1.165) is 27.7 Å². The zero-order valence-electron chi connectivity index (χ0n) is 22.3. The molecular weight excluding hydrogens is 491 g/mol. The quantitative estimate of drug-likeness (QED) is 0.356. The minimum absolute atomic E-state index is 0.00606. The Morgan fingerprint density at radius 1 is 0.923 bits per heavy atom. The number of aromatic nitrogens is 1. The van der Waals surface area contributed by atoms with Crippen LogP contribution < -0.4 is 4.90 Å². The number of nitrogens with zero attached hydrogens (tertiary/aromatic N) is 3. The zero-order valence-corrected chi connectivity index (χ0v) is 22.3. The third kappa shape index (κ3) is 4.56. The van der Waals surface area contributed by atoms with Crippen molar-refractivity contribution in [1.82, 2.24) is 14.8 Å². The Morgan fingerprint density at radius 2 is 1.62 bits per heavy atom. The summed E-state index contributed by atoms with van der Waals surface area (Å²) in [7, 11) is 0. The van der Waals surface area contributed by atoms with Crippen LogP contribution >= 0.6 is 0 Å². The Hall–Kier alpha value is -4.13. The fraction of sp³-hybridized carbons (Fsp3) is 0.312. The molecular formula is C32H33FN4O2. The van der Waals surface area contributed by atoms with Gasteiger partial charge in [-0.3, -0.25) is 9.59 Å². The lowest BCUT2D eigenvalue weighted by molar-refractivity contribution is -0.137. The van der Waals surface area contributed by atoms with Gasteiger partial charge in [0, 0.05) is 60.1 Å². The molecule has 3 heterocycles. The van der Waals surface area contributed by atoms with Gasteiger partial charge in [0.1, 0.15) is 11.9 Å². The summed E-state index contributed by atoms with van der Waals surface area (Å²) < 4.78 is 13.4. The molecule has 6 rings (SSSR count). The van der Waals surface area contributed by atoms with E-state index >= 15 is 0 Å². The summed E-state index contributed by atoms with van der Waals surface area (Å²) in [4.78, 5) is 37.5. The number of aromatic amines is 1. The van der Waals surface area contributed by atoms with Crippen LogP contribution in [0.1, 0.15) is 47.8 Å². The minimum atomic E-state index is -0.582. The number of nitrogens with one attached hydrogen (secondary N) is 1. The highest BCUT2D eigenvalue weighted by Gasteiger charge is 2.46. The number of anilines is 1. The molecule has 39 heavy (non-hydrogen) atoms. The van der Waals surface area contributed by atoms with Gasteiger partial charge in [-0.25, -0.2) is 4.39 Å². The standard InChI is InChI=1S/C32H33FN4O2/c1-21(2)19-29(32(39)36-17-15-35(16-18-36)23-13-11-22(33)12-14-23)37-30(25-8-3-4-9-26(25)31(37)38)27-20-34-28-10-6-5-7-24(27)28/h3-14,20-21,29-30,34H,15-19H2,1-2H3. The fourth-order valence-corrected chi connectivity index (χ4v) is 6.12. The number of H-pyrrole nitrogens is 1. The van der Waals surface area contributed by atoms with Crippen molar-refractivity contribution in [1.29, 1.82) is 0 Å². The average Bonchev–Trinajstić information content (AvgIpc) is 3.50. The lowest BCUT2D eigenvalue weighted by atomic mass is 9.94. The molecule has 2 aliphatic heterocycles. The van der Waals surface area contributed by atoms with Gasteiger partial charge in [-0.15, -0.1) is 0 Å². The Labute approximate surface area is 228 Å². The first-order valence-corrected chi connectivity index (χ1v) is 13.7. The van der Waals surface area contributed by atoms with E-state index < -0.39 is 6.04 Å². The van der Waals surface area contributed by atoms with Crippen LogP contribution in [0.5, 0.6) is 0 Å². The molecule has 3 aromatic carbocycles.